The highest BCUT2D eigenvalue weighted by atomic mass is 16.5. The minimum Gasteiger partial charge on any atom is -0.339 e. The van der Waals surface area contributed by atoms with E-state index >= 15 is 0 Å². The van der Waals surface area contributed by atoms with Crippen molar-refractivity contribution in [1.82, 2.24) is 19.9 Å². The lowest BCUT2D eigenvalue weighted by atomic mass is 9.84. The van der Waals surface area contributed by atoms with Gasteiger partial charge in [-0.3, -0.25) is 0 Å². The highest BCUT2D eigenvalue weighted by Crippen LogP contribution is 2.40. The third-order valence-electron chi connectivity index (χ3n) is 7.28. The normalized spacial score (nSPS) is 24.4. The Morgan fingerprint density at radius 2 is 1.78 bits per heavy atom. The number of aromatic nitrogens is 2. The Morgan fingerprint density at radius 1 is 1.06 bits per heavy atom. The molecule has 2 unspecified atom stereocenters. The SMILES string of the molecule is CCc1ccc(C2CC(c3nc(C4CC4)no3)CN(C(=O)N3CCC(C#N)CC3)C2)cc1. The van der Waals surface area contributed by atoms with Crippen LogP contribution in [0.3, 0.4) is 0 Å². The number of amides is 2. The molecule has 0 spiro atoms. The quantitative estimate of drug-likeness (QED) is 0.712. The molecule has 3 heterocycles. The molecule has 32 heavy (non-hydrogen) atoms. The Balaban J connectivity index is 1.36. The van der Waals surface area contributed by atoms with E-state index in [-0.39, 0.29) is 23.8 Å². The number of nitriles is 1. The zero-order chi connectivity index (χ0) is 22.1. The molecule has 0 bridgehead atoms. The van der Waals surface area contributed by atoms with Crippen LogP contribution in [0.25, 0.3) is 0 Å². The molecule has 5 rings (SSSR count). The second kappa shape index (κ2) is 8.93. The van der Waals surface area contributed by atoms with E-state index in [0.717, 1.165) is 44.3 Å². The summed E-state index contributed by atoms with van der Waals surface area (Å²) in [6.45, 7) is 4.77. The summed E-state index contributed by atoms with van der Waals surface area (Å²) in [5.41, 5.74) is 2.58. The monoisotopic (exact) mass is 433 g/mol. The first-order valence-corrected chi connectivity index (χ1v) is 12.0. The molecule has 168 valence electrons. The van der Waals surface area contributed by atoms with Crippen molar-refractivity contribution >= 4 is 6.03 Å². The zero-order valence-corrected chi connectivity index (χ0v) is 18.7. The molecule has 3 aliphatic rings. The van der Waals surface area contributed by atoms with Crippen molar-refractivity contribution < 1.29 is 9.32 Å². The third kappa shape index (κ3) is 4.36. The molecule has 2 aromatic rings. The Bertz CT molecular complexity index is 983. The second-order valence-electron chi connectivity index (χ2n) is 9.57. The first-order chi connectivity index (χ1) is 15.6. The molecule has 1 aromatic carbocycles. The van der Waals surface area contributed by atoms with Crippen LogP contribution in [0.1, 0.15) is 79.6 Å². The molecular formula is C25H31N5O2. The molecule has 2 atom stereocenters. The van der Waals surface area contributed by atoms with Crippen molar-refractivity contribution in [2.75, 3.05) is 26.2 Å². The summed E-state index contributed by atoms with van der Waals surface area (Å²) in [6, 6.07) is 11.2. The number of carbonyl (C=O) groups is 1. The van der Waals surface area contributed by atoms with E-state index in [0.29, 0.717) is 38.0 Å². The highest BCUT2D eigenvalue weighted by molar-refractivity contribution is 5.75. The molecule has 0 N–H and O–H groups in total. The Morgan fingerprint density at radius 3 is 2.44 bits per heavy atom. The van der Waals surface area contributed by atoms with Crippen molar-refractivity contribution in [1.29, 1.82) is 5.26 Å². The van der Waals surface area contributed by atoms with Gasteiger partial charge in [-0.1, -0.05) is 36.3 Å². The summed E-state index contributed by atoms with van der Waals surface area (Å²) < 4.78 is 5.68. The molecular weight excluding hydrogens is 402 g/mol. The van der Waals surface area contributed by atoms with Gasteiger partial charge in [0.05, 0.1) is 12.0 Å². The maximum absolute atomic E-state index is 13.4. The van der Waals surface area contributed by atoms with Gasteiger partial charge in [-0.15, -0.1) is 0 Å². The zero-order valence-electron chi connectivity index (χ0n) is 18.7. The number of nitrogens with zero attached hydrogens (tertiary/aromatic N) is 5. The average molecular weight is 434 g/mol. The van der Waals surface area contributed by atoms with Gasteiger partial charge in [0.25, 0.3) is 0 Å². The molecule has 0 radical (unpaired) electrons. The summed E-state index contributed by atoms with van der Waals surface area (Å²) in [6.07, 6.45) is 5.71. The van der Waals surface area contributed by atoms with Gasteiger partial charge in [-0.25, -0.2) is 4.79 Å². The van der Waals surface area contributed by atoms with E-state index in [2.05, 4.69) is 42.4 Å². The highest BCUT2D eigenvalue weighted by Gasteiger charge is 2.38. The van der Waals surface area contributed by atoms with E-state index in [1.807, 2.05) is 9.80 Å². The Labute approximate surface area is 189 Å². The van der Waals surface area contributed by atoms with Crippen LogP contribution >= 0.6 is 0 Å². The number of hydrogen-bond acceptors (Lipinski definition) is 5. The third-order valence-corrected chi connectivity index (χ3v) is 7.28. The van der Waals surface area contributed by atoms with Gasteiger partial charge in [-0.05, 0) is 49.7 Å². The van der Waals surface area contributed by atoms with Gasteiger partial charge < -0.3 is 14.3 Å². The van der Waals surface area contributed by atoms with E-state index in [1.165, 1.54) is 11.1 Å². The number of rotatable bonds is 4. The number of carbonyl (C=O) groups excluding carboxylic acids is 1. The van der Waals surface area contributed by atoms with E-state index in [9.17, 15) is 10.1 Å². The van der Waals surface area contributed by atoms with Crippen LogP contribution in [-0.2, 0) is 6.42 Å². The van der Waals surface area contributed by atoms with Crippen molar-refractivity contribution in [3.05, 3.63) is 47.1 Å². The summed E-state index contributed by atoms with van der Waals surface area (Å²) in [5.74, 6) is 2.29. The first kappa shape index (κ1) is 21.0. The number of benzene rings is 1. The van der Waals surface area contributed by atoms with Gasteiger partial charge in [0.2, 0.25) is 5.89 Å². The topological polar surface area (TPSA) is 86.3 Å². The molecule has 2 saturated heterocycles. The lowest BCUT2D eigenvalue weighted by Crippen LogP contribution is -2.51. The fraction of sp³-hybridized carbons (Fsp3) is 0.600. The first-order valence-electron chi connectivity index (χ1n) is 12.0. The van der Waals surface area contributed by atoms with Crippen LogP contribution in [0.2, 0.25) is 0 Å². The van der Waals surface area contributed by atoms with Crippen molar-refractivity contribution in [2.45, 2.75) is 63.2 Å². The summed E-state index contributed by atoms with van der Waals surface area (Å²) >= 11 is 0. The van der Waals surface area contributed by atoms with E-state index in [1.54, 1.807) is 0 Å². The van der Waals surface area contributed by atoms with E-state index in [4.69, 9.17) is 9.51 Å². The van der Waals surface area contributed by atoms with Crippen LogP contribution in [0, 0.1) is 17.2 Å². The number of aryl methyl sites for hydroxylation is 1. The van der Waals surface area contributed by atoms with Crippen LogP contribution in [0.15, 0.2) is 28.8 Å². The van der Waals surface area contributed by atoms with Crippen LogP contribution in [0.5, 0.6) is 0 Å². The van der Waals surface area contributed by atoms with Gasteiger partial charge in [0.1, 0.15) is 0 Å². The van der Waals surface area contributed by atoms with Crippen LogP contribution in [-0.4, -0.2) is 52.2 Å². The number of urea groups is 1. The lowest BCUT2D eigenvalue weighted by molar-refractivity contribution is 0.116. The molecule has 3 fully saturated rings. The number of likely N-dealkylation sites (tertiary alicyclic amines) is 2. The van der Waals surface area contributed by atoms with Gasteiger partial charge in [-0.2, -0.15) is 10.2 Å². The van der Waals surface area contributed by atoms with Gasteiger partial charge in [0.15, 0.2) is 5.82 Å². The van der Waals surface area contributed by atoms with Crippen LogP contribution < -0.4 is 0 Å². The lowest BCUT2D eigenvalue weighted by Gasteiger charge is -2.40. The molecule has 7 heteroatoms. The summed E-state index contributed by atoms with van der Waals surface area (Å²) in [4.78, 5) is 22.0. The van der Waals surface area contributed by atoms with Crippen molar-refractivity contribution in [3.8, 4) is 6.07 Å². The predicted molar refractivity (Wildman–Crippen MR) is 119 cm³/mol. The van der Waals surface area contributed by atoms with E-state index < -0.39 is 0 Å². The molecule has 1 saturated carbocycles. The van der Waals surface area contributed by atoms with Crippen LogP contribution in [0.4, 0.5) is 4.79 Å². The minimum atomic E-state index is 0.0419. The Kier molecular flexibility index (Phi) is 5.86. The van der Waals surface area contributed by atoms with Gasteiger partial charge in [0, 0.05) is 43.9 Å². The largest absolute Gasteiger partial charge is 0.339 e. The molecule has 2 amide bonds. The standard InChI is InChI=1S/C25H31N5O2/c1-2-17-3-5-19(6-4-17)21-13-22(24-27-23(28-32-24)20-7-8-20)16-30(15-21)25(31)29-11-9-18(14-26)10-12-29/h3-6,18,20-22H,2,7-13,15-16H2,1H3. The van der Waals surface area contributed by atoms with Crippen molar-refractivity contribution in [2.24, 2.45) is 5.92 Å². The smallest absolute Gasteiger partial charge is 0.320 e. The average Bonchev–Trinajstić information content (AvgIpc) is 3.59. The number of piperidine rings is 2. The van der Waals surface area contributed by atoms with Gasteiger partial charge >= 0.3 is 6.03 Å². The molecule has 1 aliphatic carbocycles. The summed E-state index contributed by atoms with van der Waals surface area (Å²) in [5, 5.41) is 13.4. The maximum atomic E-state index is 13.4. The molecule has 2 aliphatic heterocycles. The van der Waals surface area contributed by atoms with Crippen molar-refractivity contribution in [3.63, 3.8) is 0 Å². The second-order valence-corrected chi connectivity index (χ2v) is 9.57. The summed E-state index contributed by atoms with van der Waals surface area (Å²) in [7, 11) is 0. The maximum Gasteiger partial charge on any atom is 0.320 e. The Hall–Kier alpha value is -2.88. The predicted octanol–water partition coefficient (Wildman–Crippen LogP) is 4.44. The molecule has 7 nitrogen and oxygen atoms in total. The number of hydrogen-bond donors (Lipinski definition) is 0. The molecule has 1 aromatic heterocycles. The fourth-order valence-electron chi connectivity index (χ4n) is 5.02. The fourth-order valence-corrected chi connectivity index (χ4v) is 5.02. The minimum absolute atomic E-state index is 0.0419.